The average molecular weight is 277 g/mol. The number of methoxy groups -OCH3 is 2. The quantitative estimate of drug-likeness (QED) is 0.860. The molecule has 1 aromatic carbocycles. The molecule has 3 unspecified atom stereocenters. The maximum absolute atomic E-state index is 5.52. The Kier molecular flexibility index (Phi) is 5.86. The van der Waals surface area contributed by atoms with Gasteiger partial charge in [0.2, 0.25) is 0 Å². The number of hydrogen-bond donors (Lipinski definition) is 1. The van der Waals surface area contributed by atoms with Crippen LogP contribution in [0.15, 0.2) is 24.3 Å². The largest absolute Gasteiger partial charge is 0.496 e. The highest BCUT2D eigenvalue weighted by molar-refractivity contribution is 5.35. The van der Waals surface area contributed by atoms with Crippen molar-refractivity contribution in [3.8, 4) is 5.75 Å². The van der Waals surface area contributed by atoms with E-state index in [4.69, 9.17) is 9.47 Å². The Labute approximate surface area is 122 Å². The summed E-state index contributed by atoms with van der Waals surface area (Å²) in [6.45, 7) is 2.22. The molecule has 112 valence electrons. The molecule has 0 aliphatic heterocycles. The molecule has 1 saturated carbocycles. The topological polar surface area (TPSA) is 30.5 Å². The number of ether oxygens (including phenoxy) is 2. The summed E-state index contributed by atoms with van der Waals surface area (Å²) in [5, 5.41) is 3.80. The van der Waals surface area contributed by atoms with Crippen molar-refractivity contribution in [1.29, 1.82) is 0 Å². The number of hydrogen-bond acceptors (Lipinski definition) is 3. The second-order valence-electron chi connectivity index (χ2n) is 5.59. The SMILES string of the molecule is CCC(NC1CCCC(OC)C1)c1ccccc1OC. The zero-order valence-corrected chi connectivity index (χ0v) is 12.9. The minimum Gasteiger partial charge on any atom is -0.496 e. The zero-order chi connectivity index (χ0) is 14.4. The van der Waals surface area contributed by atoms with Crippen LogP contribution in [0.2, 0.25) is 0 Å². The lowest BCUT2D eigenvalue weighted by atomic mass is 9.91. The molecule has 0 amide bonds. The van der Waals surface area contributed by atoms with Gasteiger partial charge in [0, 0.05) is 24.8 Å². The normalized spacial score (nSPS) is 24.4. The van der Waals surface area contributed by atoms with Gasteiger partial charge in [-0.2, -0.15) is 0 Å². The van der Waals surface area contributed by atoms with Gasteiger partial charge in [0.05, 0.1) is 13.2 Å². The van der Waals surface area contributed by atoms with Crippen molar-refractivity contribution in [2.24, 2.45) is 0 Å². The van der Waals surface area contributed by atoms with Crippen molar-refractivity contribution < 1.29 is 9.47 Å². The van der Waals surface area contributed by atoms with Gasteiger partial charge in [0.25, 0.3) is 0 Å². The second-order valence-corrected chi connectivity index (χ2v) is 5.59. The summed E-state index contributed by atoms with van der Waals surface area (Å²) < 4.78 is 11.0. The summed E-state index contributed by atoms with van der Waals surface area (Å²) >= 11 is 0. The van der Waals surface area contributed by atoms with E-state index in [1.807, 2.05) is 19.2 Å². The van der Waals surface area contributed by atoms with Gasteiger partial charge in [-0.15, -0.1) is 0 Å². The van der Waals surface area contributed by atoms with Crippen LogP contribution in [-0.4, -0.2) is 26.4 Å². The molecule has 1 N–H and O–H groups in total. The van der Waals surface area contributed by atoms with Crippen molar-refractivity contribution in [2.45, 2.75) is 57.2 Å². The van der Waals surface area contributed by atoms with Crippen LogP contribution in [0.3, 0.4) is 0 Å². The second kappa shape index (κ2) is 7.65. The summed E-state index contributed by atoms with van der Waals surface area (Å²) in [4.78, 5) is 0. The van der Waals surface area contributed by atoms with Crippen molar-refractivity contribution >= 4 is 0 Å². The lowest BCUT2D eigenvalue weighted by Crippen LogP contribution is -2.38. The summed E-state index contributed by atoms with van der Waals surface area (Å²) in [5.41, 5.74) is 1.26. The number of nitrogens with one attached hydrogen (secondary N) is 1. The van der Waals surface area contributed by atoms with Gasteiger partial charge < -0.3 is 14.8 Å². The highest BCUT2D eigenvalue weighted by Crippen LogP contribution is 2.29. The molecule has 0 aromatic heterocycles. The Bertz CT molecular complexity index is 408. The standard InChI is InChI=1S/C17H27NO2/c1-4-16(15-10-5-6-11-17(15)20-3)18-13-8-7-9-14(12-13)19-2/h5-6,10-11,13-14,16,18H,4,7-9,12H2,1-3H3. The highest BCUT2D eigenvalue weighted by atomic mass is 16.5. The van der Waals surface area contributed by atoms with Crippen LogP contribution in [0.4, 0.5) is 0 Å². The van der Waals surface area contributed by atoms with E-state index in [9.17, 15) is 0 Å². The minimum atomic E-state index is 0.353. The Morgan fingerprint density at radius 2 is 2.05 bits per heavy atom. The molecule has 0 bridgehead atoms. The van der Waals surface area contributed by atoms with Crippen molar-refractivity contribution in [1.82, 2.24) is 5.32 Å². The molecule has 0 spiro atoms. The third kappa shape index (κ3) is 3.74. The van der Waals surface area contributed by atoms with Crippen molar-refractivity contribution in [2.75, 3.05) is 14.2 Å². The van der Waals surface area contributed by atoms with Crippen LogP contribution >= 0.6 is 0 Å². The van der Waals surface area contributed by atoms with Crippen molar-refractivity contribution in [3.05, 3.63) is 29.8 Å². The summed E-state index contributed by atoms with van der Waals surface area (Å²) in [7, 11) is 3.57. The molecule has 1 aliphatic rings. The Morgan fingerprint density at radius 3 is 2.75 bits per heavy atom. The fourth-order valence-electron chi connectivity index (χ4n) is 3.18. The first-order valence-corrected chi connectivity index (χ1v) is 7.70. The van der Waals surface area contributed by atoms with E-state index < -0.39 is 0 Å². The molecular formula is C17H27NO2. The van der Waals surface area contributed by atoms with Crippen LogP contribution in [0, 0.1) is 0 Å². The molecule has 3 nitrogen and oxygen atoms in total. The molecule has 1 aromatic rings. The number of para-hydroxylation sites is 1. The van der Waals surface area contributed by atoms with Gasteiger partial charge in [-0.25, -0.2) is 0 Å². The Hall–Kier alpha value is -1.06. The summed E-state index contributed by atoms with van der Waals surface area (Å²) in [6, 6.07) is 9.21. The molecule has 1 fully saturated rings. The van der Waals surface area contributed by atoms with E-state index in [0.717, 1.165) is 18.6 Å². The lowest BCUT2D eigenvalue weighted by molar-refractivity contribution is 0.0567. The first-order chi connectivity index (χ1) is 9.78. The third-order valence-corrected chi connectivity index (χ3v) is 4.32. The first kappa shape index (κ1) is 15.3. The van der Waals surface area contributed by atoms with E-state index in [0.29, 0.717) is 18.2 Å². The smallest absolute Gasteiger partial charge is 0.123 e. The molecule has 0 saturated heterocycles. The maximum Gasteiger partial charge on any atom is 0.123 e. The van der Waals surface area contributed by atoms with Gasteiger partial charge in [-0.3, -0.25) is 0 Å². The Balaban J connectivity index is 2.05. The van der Waals surface area contributed by atoms with Crippen LogP contribution in [0.1, 0.15) is 50.6 Å². The van der Waals surface area contributed by atoms with E-state index in [1.54, 1.807) is 7.11 Å². The summed E-state index contributed by atoms with van der Waals surface area (Å²) in [6.07, 6.45) is 6.28. The molecule has 3 atom stereocenters. The lowest BCUT2D eigenvalue weighted by Gasteiger charge is -2.32. The molecule has 0 radical (unpaired) electrons. The Morgan fingerprint density at radius 1 is 1.25 bits per heavy atom. The molecule has 2 rings (SSSR count). The van der Waals surface area contributed by atoms with Gasteiger partial charge in [0.1, 0.15) is 5.75 Å². The van der Waals surface area contributed by atoms with E-state index in [-0.39, 0.29) is 0 Å². The average Bonchev–Trinajstić information content (AvgIpc) is 2.52. The molecule has 0 heterocycles. The molecular weight excluding hydrogens is 250 g/mol. The van der Waals surface area contributed by atoms with E-state index >= 15 is 0 Å². The predicted octanol–water partition coefficient (Wildman–Crippen LogP) is 3.69. The monoisotopic (exact) mass is 277 g/mol. The van der Waals surface area contributed by atoms with E-state index in [1.165, 1.54) is 24.8 Å². The van der Waals surface area contributed by atoms with Crippen LogP contribution in [0.25, 0.3) is 0 Å². The fourth-order valence-corrected chi connectivity index (χ4v) is 3.18. The maximum atomic E-state index is 5.52. The molecule has 20 heavy (non-hydrogen) atoms. The van der Waals surface area contributed by atoms with Crippen LogP contribution in [0.5, 0.6) is 5.75 Å². The number of benzene rings is 1. The molecule has 1 aliphatic carbocycles. The van der Waals surface area contributed by atoms with Gasteiger partial charge >= 0.3 is 0 Å². The number of rotatable bonds is 6. The van der Waals surface area contributed by atoms with Gasteiger partial charge in [0.15, 0.2) is 0 Å². The van der Waals surface area contributed by atoms with Gasteiger partial charge in [-0.1, -0.05) is 25.1 Å². The van der Waals surface area contributed by atoms with Crippen LogP contribution in [-0.2, 0) is 4.74 Å². The third-order valence-electron chi connectivity index (χ3n) is 4.32. The fraction of sp³-hybridized carbons (Fsp3) is 0.647. The predicted molar refractivity (Wildman–Crippen MR) is 82.2 cm³/mol. The minimum absolute atomic E-state index is 0.353. The van der Waals surface area contributed by atoms with Crippen LogP contribution < -0.4 is 10.1 Å². The van der Waals surface area contributed by atoms with Crippen molar-refractivity contribution in [3.63, 3.8) is 0 Å². The summed E-state index contributed by atoms with van der Waals surface area (Å²) in [5.74, 6) is 0.978. The molecule has 3 heteroatoms. The first-order valence-electron chi connectivity index (χ1n) is 7.70. The zero-order valence-electron chi connectivity index (χ0n) is 12.9. The highest BCUT2D eigenvalue weighted by Gasteiger charge is 2.24. The van der Waals surface area contributed by atoms with Gasteiger partial charge in [-0.05, 0) is 38.2 Å². The van der Waals surface area contributed by atoms with E-state index in [2.05, 4.69) is 24.4 Å².